The lowest BCUT2D eigenvalue weighted by Crippen LogP contribution is -1.94. The van der Waals surface area contributed by atoms with E-state index in [9.17, 15) is 5.11 Å². The number of aryl methyl sites for hydroxylation is 1. The zero-order valence-corrected chi connectivity index (χ0v) is 6.86. The largest absolute Gasteiger partial charge is 0.506 e. The van der Waals surface area contributed by atoms with Crippen LogP contribution in [0, 0.1) is 0 Å². The minimum atomic E-state index is 0.298. The van der Waals surface area contributed by atoms with Crippen LogP contribution in [0.1, 0.15) is 6.92 Å². The van der Waals surface area contributed by atoms with Crippen LogP contribution in [0.2, 0.25) is 0 Å². The van der Waals surface area contributed by atoms with Gasteiger partial charge in [-0.15, -0.1) is 0 Å². The van der Waals surface area contributed by atoms with Crippen LogP contribution in [-0.2, 0) is 6.54 Å². The molecule has 2 aromatic rings. The molecule has 0 saturated heterocycles. The van der Waals surface area contributed by atoms with Crippen LogP contribution >= 0.6 is 0 Å². The highest BCUT2D eigenvalue weighted by Crippen LogP contribution is 2.23. The normalized spacial score (nSPS) is 10.8. The summed E-state index contributed by atoms with van der Waals surface area (Å²) in [6.07, 6.45) is 1.76. The van der Waals surface area contributed by atoms with Crippen molar-refractivity contribution < 1.29 is 5.11 Å². The topological polar surface area (TPSA) is 38.0 Å². The van der Waals surface area contributed by atoms with Gasteiger partial charge < -0.3 is 5.11 Å². The number of aromatic nitrogens is 2. The Balaban J connectivity index is 2.83. The number of benzene rings is 1. The first-order valence-corrected chi connectivity index (χ1v) is 3.96. The lowest BCUT2D eigenvalue weighted by Gasteiger charge is -1.99. The lowest BCUT2D eigenvalue weighted by molar-refractivity contribution is 0.476. The van der Waals surface area contributed by atoms with Crippen molar-refractivity contribution in [2.75, 3.05) is 0 Å². The second-order valence-corrected chi connectivity index (χ2v) is 2.68. The number of hydrogen-bond acceptors (Lipinski definition) is 2. The number of phenolic OH excluding ortho intramolecular Hbond substituents is 1. The van der Waals surface area contributed by atoms with Gasteiger partial charge in [0.2, 0.25) is 0 Å². The van der Waals surface area contributed by atoms with E-state index in [1.807, 2.05) is 19.1 Å². The average Bonchev–Trinajstić information content (AvgIpc) is 2.49. The molecule has 0 saturated carbocycles. The van der Waals surface area contributed by atoms with Crippen molar-refractivity contribution in [3.63, 3.8) is 0 Å². The Morgan fingerprint density at radius 1 is 1.50 bits per heavy atom. The molecule has 0 unspecified atom stereocenters. The molecule has 12 heavy (non-hydrogen) atoms. The summed E-state index contributed by atoms with van der Waals surface area (Å²) in [5, 5.41) is 14.6. The smallest absolute Gasteiger partial charge is 0.141 e. The number of rotatable bonds is 1. The molecular weight excluding hydrogens is 152 g/mol. The highest BCUT2D eigenvalue weighted by molar-refractivity contribution is 5.84. The Labute approximate surface area is 70.2 Å². The SMILES string of the molecule is CCn1ncc2cccc(O)c21. The first kappa shape index (κ1) is 7.16. The van der Waals surface area contributed by atoms with Crippen molar-refractivity contribution in [1.82, 2.24) is 9.78 Å². The highest BCUT2D eigenvalue weighted by atomic mass is 16.3. The zero-order chi connectivity index (χ0) is 8.55. The third-order valence-electron chi connectivity index (χ3n) is 1.94. The summed E-state index contributed by atoms with van der Waals surface area (Å²) in [6.45, 7) is 2.78. The van der Waals surface area contributed by atoms with E-state index in [0.29, 0.717) is 5.75 Å². The molecule has 1 aromatic carbocycles. The molecular formula is C9H10N2O. The molecule has 0 amide bonds. The maximum Gasteiger partial charge on any atom is 0.141 e. The van der Waals surface area contributed by atoms with E-state index in [1.165, 1.54) is 0 Å². The van der Waals surface area contributed by atoms with Crippen LogP contribution in [0.5, 0.6) is 5.75 Å². The Morgan fingerprint density at radius 3 is 3.08 bits per heavy atom. The molecule has 0 aliphatic carbocycles. The van der Waals surface area contributed by atoms with Gasteiger partial charge in [0, 0.05) is 11.9 Å². The molecule has 62 valence electrons. The average molecular weight is 162 g/mol. The molecule has 0 radical (unpaired) electrons. The fourth-order valence-electron chi connectivity index (χ4n) is 1.36. The molecule has 1 N–H and O–H groups in total. The number of fused-ring (bicyclic) bond motifs is 1. The van der Waals surface area contributed by atoms with Crippen LogP contribution in [0.3, 0.4) is 0 Å². The van der Waals surface area contributed by atoms with E-state index in [4.69, 9.17) is 0 Å². The fraction of sp³-hybridized carbons (Fsp3) is 0.222. The van der Waals surface area contributed by atoms with Gasteiger partial charge in [-0.05, 0) is 13.0 Å². The van der Waals surface area contributed by atoms with Crippen molar-refractivity contribution >= 4 is 10.9 Å². The van der Waals surface area contributed by atoms with Gasteiger partial charge in [-0.2, -0.15) is 5.10 Å². The van der Waals surface area contributed by atoms with E-state index >= 15 is 0 Å². The Bertz CT molecular complexity index is 406. The molecule has 0 bridgehead atoms. The predicted molar refractivity (Wildman–Crippen MR) is 47.1 cm³/mol. The number of nitrogens with zero attached hydrogens (tertiary/aromatic N) is 2. The molecule has 0 atom stereocenters. The lowest BCUT2D eigenvalue weighted by atomic mass is 10.2. The van der Waals surface area contributed by atoms with Gasteiger partial charge in [-0.1, -0.05) is 12.1 Å². The maximum absolute atomic E-state index is 9.51. The third kappa shape index (κ3) is 0.863. The molecule has 0 fully saturated rings. The van der Waals surface area contributed by atoms with Gasteiger partial charge in [0.15, 0.2) is 0 Å². The van der Waals surface area contributed by atoms with Gasteiger partial charge in [0.05, 0.1) is 6.20 Å². The number of aromatic hydroxyl groups is 1. The van der Waals surface area contributed by atoms with Crippen LogP contribution in [0.25, 0.3) is 10.9 Å². The fourth-order valence-corrected chi connectivity index (χ4v) is 1.36. The third-order valence-corrected chi connectivity index (χ3v) is 1.94. The summed E-state index contributed by atoms with van der Waals surface area (Å²) in [5.74, 6) is 0.298. The summed E-state index contributed by atoms with van der Waals surface area (Å²) in [6, 6.07) is 5.43. The Kier molecular flexibility index (Phi) is 1.50. The van der Waals surface area contributed by atoms with Crippen LogP contribution < -0.4 is 0 Å². The highest BCUT2D eigenvalue weighted by Gasteiger charge is 2.04. The monoisotopic (exact) mass is 162 g/mol. The number of hydrogen-bond donors (Lipinski definition) is 1. The second kappa shape index (κ2) is 2.52. The molecule has 1 heterocycles. The summed E-state index contributed by atoms with van der Waals surface area (Å²) in [5.41, 5.74) is 0.819. The van der Waals surface area contributed by atoms with Crippen LogP contribution in [0.15, 0.2) is 24.4 Å². The molecule has 3 heteroatoms. The first-order chi connectivity index (χ1) is 5.83. The van der Waals surface area contributed by atoms with Crippen molar-refractivity contribution in [3.8, 4) is 5.75 Å². The molecule has 0 aliphatic heterocycles. The van der Waals surface area contributed by atoms with Crippen LogP contribution in [0.4, 0.5) is 0 Å². The van der Waals surface area contributed by atoms with E-state index in [0.717, 1.165) is 17.4 Å². The summed E-state index contributed by atoms with van der Waals surface area (Å²) < 4.78 is 1.78. The summed E-state index contributed by atoms with van der Waals surface area (Å²) >= 11 is 0. The Morgan fingerprint density at radius 2 is 2.33 bits per heavy atom. The number of para-hydroxylation sites is 1. The summed E-state index contributed by atoms with van der Waals surface area (Å²) in [7, 11) is 0. The van der Waals surface area contributed by atoms with Crippen LogP contribution in [-0.4, -0.2) is 14.9 Å². The quantitative estimate of drug-likeness (QED) is 0.693. The van der Waals surface area contributed by atoms with E-state index in [1.54, 1.807) is 16.9 Å². The van der Waals surface area contributed by atoms with Crippen molar-refractivity contribution in [2.24, 2.45) is 0 Å². The maximum atomic E-state index is 9.51. The predicted octanol–water partition coefficient (Wildman–Crippen LogP) is 1.76. The zero-order valence-electron chi connectivity index (χ0n) is 6.86. The van der Waals surface area contributed by atoms with E-state index in [2.05, 4.69) is 5.10 Å². The van der Waals surface area contributed by atoms with Gasteiger partial charge >= 0.3 is 0 Å². The van der Waals surface area contributed by atoms with E-state index < -0.39 is 0 Å². The minimum Gasteiger partial charge on any atom is -0.506 e. The second-order valence-electron chi connectivity index (χ2n) is 2.68. The molecule has 1 aromatic heterocycles. The van der Waals surface area contributed by atoms with E-state index in [-0.39, 0.29) is 0 Å². The van der Waals surface area contributed by atoms with Crippen molar-refractivity contribution in [1.29, 1.82) is 0 Å². The van der Waals surface area contributed by atoms with Gasteiger partial charge in [-0.3, -0.25) is 4.68 Å². The standard InChI is InChI=1S/C9H10N2O/c1-2-11-9-7(6-10-11)4-3-5-8(9)12/h3-6,12H,2H2,1H3. The van der Waals surface area contributed by atoms with Crippen molar-refractivity contribution in [3.05, 3.63) is 24.4 Å². The molecule has 2 rings (SSSR count). The molecule has 0 spiro atoms. The first-order valence-electron chi connectivity index (χ1n) is 3.96. The van der Waals surface area contributed by atoms with Gasteiger partial charge in [0.25, 0.3) is 0 Å². The van der Waals surface area contributed by atoms with Gasteiger partial charge in [0.1, 0.15) is 11.3 Å². The Hall–Kier alpha value is -1.51. The molecule has 0 aliphatic rings. The van der Waals surface area contributed by atoms with Gasteiger partial charge in [-0.25, -0.2) is 0 Å². The summed E-state index contributed by atoms with van der Waals surface area (Å²) in [4.78, 5) is 0. The van der Waals surface area contributed by atoms with Crippen molar-refractivity contribution in [2.45, 2.75) is 13.5 Å². The molecule has 3 nitrogen and oxygen atoms in total. The minimum absolute atomic E-state index is 0.298. The number of phenols is 1.